The zero-order chi connectivity index (χ0) is 18.1. The molecule has 1 atom stereocenters. The summed E-state index contributed by atoms with van der Waals surface area (Å²) in [4.78, 5) is 22.9. The van der Waals surface area contributed by atoms with Gasteiger partial charge < -0.3 is 10.2 Å². The lowest BCUT2D eigenvalue weighted by Crippen LogP contribution is -2.32. The van der Waals surface area contributed by atoms with E-state index < -0.39 is 0 Å². The first-order chi connectivity index (χ1) is 12.6. The fourth-order valence-electron chi connectivity index (χ4n) is 3.38. The van der Waals surface area contributed by atoms with Gasteiger partial charge in [0.05, 0.1) is 5.52 Å². The number of halogens is 1. The molecular formula is C20H19FN4O. The van der Waals surface area contributed by atoms with Gasteiger partial charge in [0.1, 0.15) is 11.5 Å². The average molecular weight is 350 g/mol. The molecule has 0 bridgehead atoms. The molecule has 2 aromatic heterocycles. The zero-order valence-electron chi connectivity index (χ0n) is 14.4. The van der Waals surface area contributed by atoms with Crippen molar-refractivity contribution in [3.8, 4) is 0 Å². The van der Waals surface area contributed by atoms with Gasteiger partial charge in [0, 0.05) is 42.1 Å². The van der Waals surface area contributed by atoms with Crippen LogP contribution in [-0.4, -0.2) is 39.9 Å². The van der Waals surface area contributed by atoms with Gasteiger partial charge in [0.2, 0.25) is 0 Å². The van der Waals surface area contributed by atoms with Crippen molar-refractivity contribution in [2.45, 2.75) is 19.4 Å². The second kappa shape index (κ2) is 6.71. The smallest absolute Gasteiger partial charge is 0.272 e. The van der Waals surface area contributed by atoms with Crippen molar-refractivity contribution < 1.29 is 9.18 Å². The minimum absolute atomic E-state index is 0.0586. The number of benzene rings is 1. The van der Waals surface area contributed by atoms with Gasteiger partial charge in [-0.15, -0.1) is 0 Å². The van der Waals surface area contributed by atoms with E-state index in [0.717, 1.165) is 28.7 Å². The third kappa shape index (κ3) is 3.22. The zero-order valence-corrected chi connectivity index (χ0v) is 14.4. The van der Waals surface area contributed by atoms with Crippen LogP contribution >= 0.6 is 0 Å². The summed E-state index contributed by atoms with van der Waals surface area (Å²) in [5.41, 5.74) is 2.93. The lowest BCUT2D eigenvalue weighted by atomic mass is 10.1. The van der Waals surface area contributed by atoms with Gasteiger partial charge >= 0.3 is 0 Å². The molecule has 4 rings (SSSR count). The summed E-state index contributed by atoms with van der Waals surface area (Å²) in [6.07, 6.45) is 2.45. The third-order valence-corrected chi connectivity index (χ3v) is 4.62. The Hall–Kier alpha value is -3.02. The first kappa shape index (κ1) is 16.4. The topological polar surface area (TPSA) is 58.1 Å². The Kier molecular flexibility index (Phi) is 4.24. The molecule has 1 N–H and O–H groups in total. The molecular weight excluding hydrogens is 331 g/mol. The van der Waals surface area contributed by atoms with Gasteiger partial charge in [-0.1, -0.05) is 6.07 Å². The third-order valence-electron chi connectivity index (χ3n) is 4.62. The van der Waals surface area contributed by atoms with Crippen molar-refractivity contribution in [2.75, 3.05) is 18.4 Å². The van der Waals surface area contributed by atoms with E-state index in [9.17, 15) is 9.18 Å². The molecule has 132 valence electrons. The second-order valence-corrected chi connectivity index (χ2v) is 6.57. The van der Waals surface area contributed by atoms with E-state index in [4.69, 9.17) is 0 Å². The van der Waals surface area contributed by atoms with Gasteiger partial charge in [-0.3, -0.25) is 14.8 Å². The van der Waals surface area contributed by atoms with Crippen LogP contribution in [0.5, 0.6) is 0 Å². The summed E-state index contributed by atoms with van der Waals surface area (Å²) in [5, 5.41) is 4.22. The lowest BCUT2D eigenvalue weighted by Gasteiger charge is -2.18. The largest absolute Gasteiger partial charge is 0.380 e. The number of anilines is 1. The number of amides is 1. The average Bonchev–Trinajstić information content (AvgIpc) is 3.11. The van der Waals surface area contributed by atoms with E-state index in [2.05, 4.69) is 15.3 Å². The number of likely N-dealkylation sites (tertiary alicyclic amines) is 1. The molecule has 6 heteroatoms. The number of carbonyl (C=O) groups excluding carboxylic acids is 1. The minimum Gasteiger partial charge on any atom is -0.380 e. The molecule has 1 unspecified atom stereocenters. The Labute approximate surface area is 150 Å². The molecule has 1 aliphatic heterocycles. The van der Waals surface area contributed by atoms with Gasteiger partial charge in [-0.05, 0) is 49.7 Å². The molecule has 5 nitrogen and oxygen atoms in total. The van der Waals surface area contributed by atoms with Gasteiger partial charge in [0.15, 0.2) is 0 Å². The predicted octanol–water partition coefficient (Wildman–Crippen LogP) is 3.40. The minimum atomic E-state index is -0.287. The lowest BCUT2D eigenvalue weighted by molar-refractivity contribution is 0.0786. The van der Waals surface area contributed by atoms with E-state index in [-0.39, 0.29) is 17.8 Å². The van der Waals surface area contributed by atoms with E-state index in [1.54, 1.807) is 29.3 Å². The molecule has 0 saturated carbocycles. The Balaban J connectivity index is 1.53. The van der Waals surface area contributed by atoms with Crippen LogP contribution in [0.25, 0.3) is 10.9 Å². The number of carbonyl (C=O) groups is 1. The van der Waals surface area contributed by atoms with Crippen LogP contribution in [-0.2, 0) is 0 Å². The highest BCUT2D eigenvalue weighted by Crippen LogP contribution is 2.26. The molecule has 1 aliphatic rings. The maximum Gasteiger partial charge on any atom is 0.272 e. The highest BCUT2D eigenvalue weighted by Gasteiger charge is 2.27. The molecule has 0 radical (unpaired) electrons. The number of rotatable bonds is 3. The van der Waals surface area contributed by atoms with Crippen LogP contribution in [0.2, 0.25) is 0 Å². The molecule has 26 heavy (non-hydrogen) atoms. The molecule has 3 aromatic rings. The number of hydrogen-bond acceptors (Lipinski definition) is 4. The van der Waals surface area contributed by atoms with E-state index in [1.165, 1.54) is 12.1 Å². The molecule has 0 spiro atoms. The summed E-state index contributed by atoms with van der Waals surface area (Å²) in [5.74, 6) is -0.346. The van der Waals surface area contributed by atoms with Crippen molar-refractivity contribution in [1.29, 1.82) is 0 Å². The summed E-state index contributed by atoms with van der Waals surface area (Å²) in [6, 6.07) is 12.0. The summed E-state index contributed by atoms with van der Waals surface area (Å²) >= 11 is 0. The first-order valence-electron chi connectivity index (χ1n) is 8.64. The Morgan fingerprint density at radius 3 is 2.96 bits per heavy atom. The van der Waals surface area contributed by atoms with Crippen molar-refractivity contribution in [2.24, 2.45) is 0 Å². The maximum absolute atomic E-state index is 13.7. The number of fused-ring (bicyclic) bond motifs is 1. The maximum atomic E-state index is 13.7. The Bertz CT molecular complexity index is 961. The highest BCUT2D eigenvalue weighted by molar-refractivity contribution is 5.93. The molecule has 1 fully saturated rings. The summed E-state index contributed by atoms with van der Waals surface area (Å²) in [6.45, 7) is 3.18. The first-order valence-corrected chi connectivity index (χ1v) is 8.64. The SMILES string of the molecule is Cc1cc(NC2CCN(C(=O)c3ccccn3)C2)c2cc(F)ccc2n1. The molecule has 1 saturated heterocycles. The van der Waals surface area contributed by atoms with Crippen molar-refractivity contribution in [3.63, 3.8) is 0 Å². The Morgan fingerprint density at radius 2 is 2.15 bits per heavy atom. The standard InChI is InChI=1S/C20H19FN4O/c1-13-10-19(16-11-14(21)5-6-17(16)23-13)24-15-7-9-25(12-15)20(26)18-4-2-3-8-22-18/h2-6,8,10-11,15H,7,9,12H2,1H3,(H,23,24). The highest BCUT2D eigenvalue weighted by atomic mass is 19.1. The monoisotopic (exact) mass is 350 g/mol. The van der Waals surface area contributed by atoms with Crippen LogP contribution in [0.4, 0.5) is 10.1 Å². The van der Waals surface area contributed by atoms with Crippen LogP contribution in [0, 0.1) is 12.7 Å². The number of pyridine rings is 2. The number of hydrogen-bond donors (Lipinski definition) is 1. The normalized spacial score (nSPS) is 16.8. The van der Waals surface area contributed by atoms with Gasteiger partial charge in [-0.2, -0.15) is 0 Å². The molecule has 3 heterocycles. The number of aromatic nitrogens is 2. The molecule has 1 amide bonds. The predicted molar refractivity (Wildman–Crippen MR) is 98.6 cm³/mol. The quantitative estimate of drug-likeness (QED) is 0.786. The van der Waals surface area contributed by atoms with Crippen molar-refractivity contribution in [1.82, 2.24) is 14.9 Å². The number of aryl methyl sites for hydroxylation is 1. The van der Waals surface area contributed by atoms with Crippen molar-refractivity contribution >= 4 is 22.5 Å². The van der Waals surface area contributed by atoms with Gasteiger partial charge in [0.25, 0.3) is 5.91 Å². The van der Waals surface area contributed by atoms with Crippen molar-refractivity contribution in [3.05, 3.63) is 65.9 Å². The second-order valence-electron chi connectivity index (χ2n) is 6.57. The van der Waals surface area contributed by atoms with Crippen LogP contribution in [0.3, 0.4) is 0 Å². The van der Waals surface area contributed by atoms with Gasteiger partial charge in [-0.25, -0.2) is 4.39 Å². The fourth-order valence-corrected chi connectivity index (χ4v) is 3.38. The van der Waals surface area contributed by atoms with Crippen LogP contribution < -0.4 is 5.32 Å². The van der Waals surface area contributed by atoms with E-state index in [1.807, 2.05) is 19.1 Å². The van der Waals surface area contributed by atoms with Crippen LogP contribution in [0.1, 0.15) is 22.6 Å². The summed E-state index contributed by atoms with van der Waals surface area (Å²) in [7, 11) is 0. The van der Waals surface area contributed by atoms with E-state index >= 15 is 0 Å². The Morgan fingerprint density at radius 1 is 1.27 bits per heavy atom. The summed E-state index contributed by atoms with van der Waals surface area (Å²) < 4.78 is 13.7. The fraction of sp³-hybridized carbons (Fsp3) is 0.250. The number of nitrogens with zero attached hydrogens (tertiary/aromatic N) is 3. The van der Waals surface area contributed by atoms with E-state index in [0.29, 0.717) is 18.8 Å². The number of nitrogens with one attached hydrogen (secondary N) is 1. The van der Waals surface area contributed by atoms with Crippen LogP contribution in [0.15, 0.2) is 48.7 Å². The molecule has 1 aromatic carbocycles. The molecule has 0 aliphatic carbocycles.